The van der Waals surface area contributed by atoms with Crippen LogP contribution in [0, 0.1) is 4.51 Å². The number of aromatic hydroxyl groups is 1. The number of phenolic OH excluding ortho intramolecular Hbond substituents is 1. The molecule has 0 radical (unpaired) electrons. The van der Waals surface area contributed by atoms with Gasteiger partial charge in [-0.25, -0.2) is 0 Å². The van der Waals surface area contributed by atoms with Crippen LogP contribution in [0.15, 0.2) is 53.4 Å². The number of rotatable bonds is 0. The standard InChI is InChI=1S/C20H10O2S/c21-13-5-1-11-3-7-15-16-8-4-12-2-6-14(22)10-18(12)20(16)23-19(15)17(11)9-13/h1-10H/p+1. The molecule has 2 nitrogen and oxygen atoms in total. The van der Waals surface area contributed by atoms with Crippen molar-refractivity contribution in [1.29, 1.82) is 0 Å². The van der Waals surface area contributed by atoms with Gasteiger partial charge in [-0.15, -0.1) is 0 Å². The first-order valence-corrected chi connectivity index (χ1v) is 8.20. The van der Waals surface area contributed by atoms with E-state index in [0.29, 0.717) is 0 Å². The number of allylic oxidation sites excluding steroid dienone is 1. The zero-order chi connectivity index (χ0) is 15.6. The first-order chi connectivity index (χ1) is 11.2. The third-order valence-electron chi connectivity index (χ3n) is 4.39. The minimum atomic E-state index is 0.0324. The van der Waals surface area contributed by atoms with Crippen LogP contribution in [0.4, 0.5) is 0 Å². The lowest BCUT2D eigenvalue weighted by atomic mass is 9.97. The number of carbonyl (C=O) groups excluding carboxylic acids is 1. The predicted molar refractivity (Wildman–Crippen MR) is 93.6 cm³/mol. The summed E-state index contributed by atoms with van der Waals surface area (Å²) in [5.74, 6) is 0.305. The predicted octanol–water partition coefficient (Wildman–Crippen LogP) is 3.29. The van der Waals surface area contributed by atoms with Crippen LogP contribution in [0.2, 0.25) is 0 Å². The van der Waals surface area contributed by atoms with Gasteiger partial charge in [-0.2, -0.15) is 0 Å². The van der Waals surface area contributed by atoms with Crippen LogP contribution in [-0.2, 0) is 16.1 Å². The zero-order valence-corrected chi connectivity index (χ0v) is 12.9. The van der Waals surface area contributed by atoms with E-state index < -0.39 is 0 Å². The summed E-state index contributed by atoms with van der Waals surface area (Å²) < 4.78 is 1.13. The van der Waals surface area contributed by atoms with Crippen LogP contribution in [0.25, 0.3) is 34.1 Å². The van der Waals surface area contributed by atoms with Crippen molar-refractivity contribution in [3.05, 3.63) is 63.8 Å². The minimum absolute atomic E-state index is 0.0324. The van der Waals surface area contributed by atoms with Gasteiger partial charge in [-0.1, -0.05) is 24.3 Å². The molecule has 0 spiro atoms. The minimum Gasteiger partial charge on any atom is -0.508 e. The second-order valence-electron chi connectivity index (χ2n) is 5.77. The molecule has 0 bridgehead atoms. The lowest BCUT2D eigenvalue weighted by molar-refractivity contribution is -0.109. The van der Waals surface area contributed by atoms with Gasteiger partial charge in [0.05, 0.1) is 21.7 Å². The fourth-order valence-electron chi connectivity index (χ4n) is 3.30. The Hall–Kier alpha value is -2.78. The largest absolute Gasteiger partial charge is 0.508 e. The van der Waals surface area contributed by atoms with E-state index in [-0.39, 0.29) is 11.5 Å². The normalized spacial score (nSPS) is 14.0. The van der Waals surface area contributed by atoms with Crippen molar-refractivity contribution < 1.29 is 9.90 Å². The third kappa shape index (κ3) is 1.74. The summed E-state index contributed by atoms with van der Waals surface area (Å²) in [4.78, 5) is 12.9. The number of carbonyl (C=O) groups is 1. The van der Waals surface area contributed by atoms with Gasteiger partial charge in [0.1, 0.15) is 5.75 Å². The molecule has 1 heterocycles. The third-order valence-corrected chi connectivity index (χ3v) is 5.68. The maximum atomic E-state index is 11.8. The van der Waals surface area contributed by atoms with E-state index in [2.05, 4.69) is 24.3 Å². The van der Waals surface area contributed by atoms with Gasteiger partial charge in [0.25, 0.3) is 0 Å². The van der Waals surface area contributed by atoms with Crippen molar-refractivity contribution in [2.75, 3.05) is 0 Å². The highest BCUT2D eigenvalue weighted by Gasteiger charge is 2.29. The van der Waals surface area contributed by atoms with Crippen LogP contribution < -0.4 is 5.22 Å². The van der Waals surface area contributed by atoms with E-state index in [1.807, 2.05) is 18.2 Å². The topological polar surface area (TPSA) is 37.3 Å². The molecule has 0 atom stereocenters. The van der Waals surface area contributed by atoms with Crippen LogP contribution in [0.1, 0.15) is 5.56 Å². The van der Waals surface area contributed by atoms with E-state index in [9.17, 15) is 9.90 Å². The SMILES string of the molecule is O=C1C=Cc2ccc3c(c2=C1)=[S+]c1c-3ccc2ccc(O)cc12. The van der Waals surface area contributed by atoms with Gasteiger partial charge in [-0.3, -0.25) is 4.79 Å². The van der Waals surface area contributed by atoms with E-state index in [4.69, 9.17) is 0 Å². The van der Waals surface area contributed by atoms with Gasteiger partial charge in [0.2, 0.25) is 20.8 Å². The average molecular weight is 315 g/mol. The Morgan fingerprint density at radius 1 is 0.913 bits per heavy atom. The molecule has 0 fully saturated rings. The summed E-state index contributed by atoms with van der Waals surface area (Å²) in [6, 6.07) is 13.8. The van der Waals surface area contributed by atoms with Crippen LogP contribution in [0.3, 0.4) is 0 Å². The number of fused-ring (bicyclic) bond motifs is 7. The number of benzene rings is 3. The Bertz CT molecular complexity index is 1190. The van der Waals surface area contributed by atoms with Gasteiger partial charge in [0, 0.05) is 0 Å². The Kier molecular flexibility index (Phi) is 2.42. The van der Waals surface area contributed by atoms with Crippen molar-refractivity contribution in [2.24, 2.45) is 0 Å². The molecule has 3 aromatic rings. The molecule has 0 saturated heterocycles. The van der Waals surface area contributed by atoms with Gasteiger partial charge in [0.15, 0.2) is 5.78 Å². The molecule has 1 aliphatic heterocycles. The second kappa shape index (κ2) is 4.37. The molecule has 5 rings (SSSR count). The summed E-state index contributed by atoms with van der Waals surface area (Å²) >= 11 is 1.69. The van der Waals surface area contributed by atoms with E-state index in [1.165, 1.54) is 5.56 Å². The zero-order valence-electron chi connectivity index (χ0n) is 12.0. The molecular weight excluding hydrogens is 304 g/mol. The molecule has 1 aliphatic carbocycles. The van der Waals surface area contributed by atoms with Crippen molar-refractivity contribution in [3.8, 4) is 16.9 Å². The van der Waals surface area contributed by atoms with Crippen molar-refractivity contribution in [2.45, 2.75) is 4.90 Å². The highest BCUT2D eigenvalue weighted by Crippen LogP contribution is 2.36. The molecule has 0 amide bonds. The first-order valence-electron chi connectivity index (χ1n) is 7.38. The number of ketones is 1. The molecule has 3 heteroatoms. The Balaban J connectivity index is 1.94. The molecule has 23 heavy (non-hydrogen) atoms. The van der Waals surface area contributed by atoms with Crippen molar-refractivity contribution in [3.63, 3.8) is 0 Å². The summed E-state index contributed by atoms with van der Waals surface area (Å²) in [5, 5.41) is 13.0. The molecule has 0 unspecified atom stereocenters. The number of hydrogen-bond donors (Lipinski definition) is 1. The average Bonchev–Trinajstić information content (AvgIpc) is 2.94. The summed E-state index contributed by atoms with van der Waals surface area (Å²) in [6.07, 6.45) is 5.20. The Morgan fingerprint density at radius 3 is 2.65 bits per heavy atom. The van der Waals surface area contributed by atoms with Gasteiger partial charge in [-0.05, 0) is 47.4 Å². The monoisotopic (exact) mass is 315 g/mol. The molecule has 0 saturated carbocycles. The Labute approximate surface area is 136 Å². The van der Waals surface area contributed by atoms with Gasteiger partial charge < -0.3 is 5.11 Å². The maximum Gasteiger partial charge on any atom is 0.247 e. The highest BCUT2D eigenvalue weighted by atomic mass is 32.1. The summed E-state index contributed by atoms with van der Waals surface area (Å²) in [7, 11) is 0. The summed E-state index contributed by atoms with van der Waals surface area (Å²) in [6.45, 7) is 0. The lowest BCUT2D eigenvalue weighted by Crippen LogP contribution is -2.14. The Morgan fingerprint density at radius 2 is 1.74 bits per heavy atom. The molecular formula is C20H11O2S+. The van der Waals surface area contributed by atoms with Crippen LogP contribution >= 0.6 is 0 Å². The molecule has 3 aromatic carbocycles. The number of phenols is 1. The van der Waals surface area contributed by atoms with Gasteiger partial charge >= 0.3 is 0 Å². The van der Waals surface area contributed by atoms with E-state index >= 15 is 0 Å². The highest BCUT2D eigenvalue weighted by molar-refractivity contribution is 7.71. The van der Waals surface area contributed by atoms with Crippen molar-refractivity contribution >= 4 is 40.1 Å². The smallest absolute Gasteiger partial charge is 0.247 e. The quantitative estimate of drug-likeness (QED) is 0.399. The number of hydrogen-bond acceptors (Lipinski definition) is 2. The fraction of sp³-hybridized carbons (Fsp3) is 0. The lowest BCUT2D eigenvalue weighted by Gasteiger charge is -2.02. The molecule has 1 N–H and O–H groups in total. The van der Waals surface area contributed by atoms with E-state index in [1.54, 1.807) is 29.6 Å². The fourth-order valence-corrected chi connectivity index (χ4v) is 4.65. The maximum absolute atomic E-state index is 11.8. The van der Waals surface area contributed by atoms with Crippen LogP contribution in [0.5, 0.6) is 5.75 Å². The van der Waals surface area contributed by atoms with E-state index in [0.717, 1.165) is 36.5 Å². The summed E-state index contributed by atoms with van der Waals surface area (Å²) in [5.41, 5.74) is 3.41. The van der Waals surface area contributed by atoms with Crippen molar-refractivity contribution in [1.82, 2.24) is 0 Å². The molecule has 2 aliphatic rings. The molecule has 0 aromatic heterocycles. The van der Waals surface area contributed by atoms with Crippen LogP contribution in [-0.4, -0.2) is 10.9 Å². The second-order valence-corrected chi connectivity index (χ2v) is 6.80. The molecule has 108 valence electrons. The first kappa shape index (κ1) is 12.7.